The smallest absolute Gasteiger partial charge is 0.132 e. The highest BCUT2D eigenvalue weighted by Crippen LogP contribution is 2.35. The van der Waals surface area contributed by atoms with Crippen molar-refractivity contribution in [2.75, 3.05) is 36.0 Å². The molecule has 0 unspecified atom stereocenters. The summed E-state index contributed by atoms with van der Waals surface area (Å²) >= 11 is 0. The number of para-hydroxylation sites is 1. The van der Waals surface area contributed by atoms with Gasteiger partial charge in [-0.3, -0.25) is 0 Å². The van der Waals surface area contributed by atoms with Crippen LogP contribution in [0.3, 0.4) is 0 Å². The molecule has 24 heavy (non-hydrogen) atoms. The van der Waals surface area contributed by atoms with Crippen LogP contribution in [-0.4, -0.2) is 42.2 Å². The number of aryl methyl sites for hydroxylation is 1. The van der Waals surface area contributed by atoms with Crippen LogP contribution < -0.4 is 15.5 Å². The van der Waals surface area contributed by atoms with Gasteiger partial charge in [0.05, 0.1) is 0 Å². The van der Waals surface area contributed by atoms with Gasteiger partial charge < -0.3 is 15.5 Å². The zero-order valence-electron chi connectivity index (χ0n) is 14.2. The van der Waals surface area contributed by atoms with Gasteiger partial charge in [-0.05, 0) is 31.4 Å². The van der Waals surface area contributed by atoms with Gasteiger partial charge in [0.2, 0.25) is 0 Å². The summed E-state index contributed by atoms with van der Waals surface area (Å²) in [4.78, 5) is 13.8. The van der Waals surface area contributed by atoms with Gasteiger partial charge in [0, 0.05) is 55.6 Å². The molecule has 126 valence electrons. The maximum atomic E-state index is 5.91. The van der Waals surface area contributed by atoms with Crippen molar-refractivity contribution in [1.29, 1.82) is 0 Å². The summed E-state index contributed by atoms with van der Waals surface area (Å²) in [5.41, 5.74) is 9.76. The summed E-state index contributed by atoms with van der Waals surface area (Å²) in [7, 11) is 0. The van der Waals surface area contributed by atoms with Crippen LogP contribution in [-0.2, 0) is 0 Å². The van der Waals surface area contributed by atoms with Crippen molar-refractivity contribution in [3.8, 4) is 0 Å². The first-order valence-electron chi connectivity index (χ1n) is 8.84. The standard InChI is InChI=1S/C19H25N5/c1-14-4-2-3-5-18(14)23-6-8-24(9-7-23)19-12-17(21-13-22-19)15-10-16(20)11-15/h2-5,12-13,15-16H,6-11,20H2,1H3. The minimum atomic E-state index is 0.353. The molecule has 2 fully saturated rings. The van der Waals surface area contributed by atoms with Crippen LogP contribution in [0, 0.1) is 6.92 Å². The molecule has 0 atom stereocenters. The molecule has 2 aromatic rings. The van der Waals surface area contributed by atoms with E-state index in [4.69, 9.17) is 5.73 Å². The fourth-order valence-corrected chi connectivity index (χ4v) is 3.76. The van der Waals surface area contributed by atoms with Crippen LogP contribution in [0.1, 0.15) is 30.0 Å². The van der Waals surface area contributed by atoms with E-state index in [1.165, 1.54) is 11.3 Å². The maximum absolute atomic E-state index is 5.91. The van der Waals surface area contributed by atoms with Gasteiger partial charge in [0.1, 0.15) is 12.1 Å². The van der Waals surface area contributed by atoms with E-state index in [9.17, 15) is 0 Å². The fraction of sp³-hybridized carbons (Fsp3) is 0.474. The van der Waals surface area contributed by atoms with E-state index in [2.05, 4.69) is 57.0 Å². The van der Waals surface area contributed by atoms with Gasteiger partial charge >= 0.3 is 0 Å². The SMILES string of the molecule is Cc1ccccc1N1CCN(c2cc(C3CC(N)C3)ncn2)CC1. The van der Waals surface area contributed by atoms with Crippen molar-refractivity contribution in [3.05, 3.63) is 47.9 Å². The third kappa shape index (κ3) is 2.96. The van der Waals surface area contributed by atoms with Gasteiger partial charge in [-0.1, -0.05) is 18.2 Å². The zero-order valence-corrected chi connectivity index (χ0v) is 14.2. The lowest BCUT2D eigenvalue weighted by Crippen LogP contribution is -2.47. The van der Waals surface area contributed by atoms with Gasteiger partial charge in [-0.2, -0.15) is 0 Å². The highest BCUT2D eigenvalue weighted by Gasteiger charge is 2.29. The van der Waals surface area contributed by atoms with Crippen LogP contribution in [0.5, 0.6) is 0 Å². The topological polar surface area (TPSA) is 58.3 Å². The van der Waals surface area contributed by atoms with Gasteiger partial charge in [0.15, 0.2) is 0 Å². The Morgan fingerprint density at radius 3 is 2.42 bits per heavy atom. The molecule has 5 heteroatoms. The third-order valence-electron chi connectivity index (χ3n) is 5.33. The van der Waals surface area contributed by atoms with E-state index in [1.807, 2.05) is 0 Å². The normalized spacial score (nSPS) is 23.9. The minimum absolute atomic E-state index is 0.353. The first-order valence-corrected chi connectivity index (χ1v) is 8.84. The van der Waals surface area contributed by atoms with E-state index in [1.54, 1.807) is 6.33 Å². The molecule has 1 aromatic heterocycles. The van der Waals surface area contributed by atoms with Crippen molar-refractivity contribution < 1.29 is 0 Å². The summed E-state index contributed by atoms with van der Waals surface area (Å²) in [6, 6.07) is 11.1. The molecular weight excluding hydrogens is 298 g/mol. The zero-order chi connectivity index (χ0) is 16.5. The quantitative estimate of drug-likeness (QED) is 0.939. The second-order valence-electron chi connectivity index (χ2n) is 6.99. The summed E-state index contributed by atoms with van der Waals surface area (Å²) in [6.45, 7) is 6.22. The minimum Gasteiger partial charge on any atom is -0.368 e. The maximum Gasteiger partial charge on any atom is 0.132 e. The number of rotatable bonds is 3. The Labute approximate surface area is 143 Å². The van der Waals surface area contributed by atoms with E-state index in [0.29, 0.717) is 12.0 Å². The van der Waals surface area contributed by atoms with Gasteiger partial charge in [-0.15, -0.1) is 0 Å². The number of hydrogen-bond donors (Lipinski definition) is 1. The molecular formula is C19H25N5. The van der Waals surface area contributed by atoms with Crippen molar-refractivity contribution in [3.63, 3.8) is 0 Å². The number of anilines is 2. The number of hydrogen-bond acceptors (Lipinski definition) is 5. The molecule has 1 aliphatic heterocycles. The van der Waals surface area contributed by atoms with Crippen molar-refractivity contribution in [2.24, 2.45) is 5.73 Å². The Hall–Kier alpha value is -2.14. The van der Waals surface area contributed by atoms with E-state index in [-0.39, 0.29) is 0 Å². The number of benzene rings is 1. The second-order valence-corrected chi connectivity index (χ2v) is 6.99. The number of nitrogens with two attached hydrogens (primary N) is 1. The largest absolute Gasteiger partial charge is 0.368 e. The van der Waals surface area contributed by atoms with Crippen molar-refractivity contribution >= 4 is 11.5 Å². The molecule has 2 aliphatic rings. The first kappa shape index (κ1) is 15.4. The Morgan fingerprint density at radius 2 is 1.71 bits per heavy atom. The molecule has 0 spiro atoms. The molecule has 1 saturated heterocycles. The average Bonchev–Trinajstić information content (AvgIpc) is 2.60. The Kier molecular flexibility index (Phi) is 4.10. The van der Waals surface area contributed by atoms with Crippen molar-refractivity contribution in [2.45, 2.75) is 31.7 Å². The summed E-state index contributed by atoms with van der Waals surface area (Å²) in [6.07, 6.45) is 3.82. The van der Waals surface area contributed by atoms with Crippen LogP contribution >= 0.6 is 0 Å². The van der Waals surface area contributed by atoms with Gasteiger partial charge in [-0.25, -0.2) is 9.97 Å². The Morgan fingerprint density at radius 1 is 1.00 bits per heavy atom. The van der Waals surface area contributed by atoms with Crippen molar-refractivity contribution in [1.82, 2.24) is 9.97 Å². The van der Waals surface area contributed by atoms with Crippen LogP contribution in [0.25, 0.3) is 0 Å². The third-order valence-corrected chi connectivity index (χ3v) is 5.33. The molecule has 5 nitrogen and oxygen atoms in total. The van der Waals surface area contributed by atoms with E-state index < -0.39 is 0 Å². The molecule has 0 bridgehead atoms. The van der Waals surface area contributed by atoms with Gasteiger partial charge in [0.25, 0.3) is 0 Å². The van der Waals surface area contributed by atoms with E-state index in [0.717, 1.165) is 50.5 Å². The molecule has 0 amide bonds. The molecule has 0 radical (unpaired) electrons. The summed E-state index contributed by atoms with van der Waals surface area (Å²) in [5, 5.41) is 0. The Bertz CT molecular complexity index is 702. The lowest BCUT2D eigenvalue weighted by atomic mass is 9.78. The second kappa shape index (κ2) is 6.40. The number of piperazine rings is 1. The summed E-state index contributed by atoms with van der Waals surface area (Å²) < 4.78 is 0. The highest BCUT2D eigenvalue weighted by molar-refractivity contribution is 5.54. The number of nitrogens with zero attached hydrogens (tertiary/aromatic N) is 4. The monoisotopic (exact) mass is 323 g/mol. The molecule has 2 heterocycles. The number of aromatic nitrogens is 2. The first-order chi connectivity index (χ1) is 11.7. The van der Waals surface area contributed by atoms with E-state index >= 15 is 0 Å². The van der Waals surface area contributed by atoms with Crippen LogP contribution in [0.15, 0.2) is 36.7 Å². The predicted octanol–water partition coefficient (Wildman–Crippen LogP) is 2.32. The van der Waals surface area contributed by atoms with Crippen LogP contribution in [0.2, 0.25) is 0 Å². The lowest BCUT2D eigenvalue weighted by molar-refractivity contribution is 0.345. The summed E-state index contributed by atoms with van der Waals surface area (Å²) in [5.74, 6) is 1.58. The molecule has 1 aromatic carbocycles. The molecule has 1 aliphatic carbocycles. The highest BCUT2D eigenvalue weighted by atomic mass is 15.3. The fourth-order valence-electron chi connectivity index (χ4n) is 3.76. The van der Waals surface area contributed by atoms with Crippen LogP contribution in [0.4, 0.5) is 11.5 Å². The molecule has 4 rings (SSSR count). The average molecular weight is 323 g/mol. The lowest BCUT2D eigenvalue weighted by Gasteiger charge is -2.38. The predicted molar refractivity (Wildman–Crippen MR) is 97.6 cm³/mol. The Balaban J connectivity index is 1.43. The molecule has 2 N–H and O–H groups in total. The molecule has 1 saturated carbocycles.